The van der Waals surface area contributed by atoms with Crippen LogP contribution in [0.2, 0.25) is 5.02 Å². The summed E-state index contributed by atoms with van der Waals surface area (Å²) in [6, 6.07) is 7.03. The van der Waals surface area contributed by atoms with Crippen LogP contribution in [-0.4, -0.2) is 36.7 Å². The number of hydrogen-bond acceptors (Lipinski definition) is 3. The minimum atomic E-state index is -3.46. The SMILES string of the molecule is CC(CO)S(=O)(=O)N(C)Cc1cccc(Cl)c1. The second-order valence-corrected chi connectivity index (χ2v) is 6.82. The second-order valence-electron chi connectivity index (χ2n) is 3.92. The van der Waals surface area contributed by atoms with Gasteiger partial charge < -0.3 is 5.11 Å². The van der Waals surface area contributed by atoms with Crippen LogP contribution in [-0.2, 0) is 16.6 Å². The molecule has 0 aliphatic carbocycles. The molecule has 0 radical (unpaired) electrons. The quantitative estimate of drug-likeness (QED) is 0.887. The molecule has 0 heterocycles. The van der Waals surface area contributed by atoms with Crippen molar-refractivity contribution in [3.05, 3.63) is 34.9 Å². The Labute approximate surface area is 107 Å². The molecule has 0 saturated heterocycles. The van der Waals surface area contributed by atoms with Gasteiger partial charge in [-0.25, -0.2) is 12.7 Å². The lowest BCUT2D eigenvalue weighted by Crippen LogP contribution is -2.36. The van der Waals surface area contributed by atoms with Crippen molar-refractivity contribution in [3.8, 4) is 0 Å². The highest BCUT2D eigenvalue weighted by Gasteiger charge is 2.25. The molecule has 0 aliphatic rings. The molecule has 0 aromatic heterocycles. The number of aliphatic hydroxyl groups excluding tert-OH is 1. The van der Waals surface area contributed by atoms with E-state index in [1.165, 1.54) is 18.3 Å². The Bertz CT molecular complexity index is 475. The molecular weight excluding hydrogens is 262 g/mol. The predicted octanol–water partition coefficient (Wildman–Crippen LogP) is 1.48. The number of nitrogens with zero attached hydrogens (tertiary/aromatic N) is 1. The number of hydrogen-bond donors (Lipinski definition) is 1. The van der Waals surface area contributed by atoms with E-state index in [0.29, 0.717) is 5.02 Å². The van der Waals surface area contributed by atoms with Crippen molar-refractivity contribution in [1.82, 2.24) is 4.31 Å². The van der Waals surface area contributed by atoms with E-state index in [4.69, 9.17) is 16.7 Å². The fourth-order valence-corrected chi connectivity index (χ4v) is 2.73. The number of rotatable bonds is 5. The predicted molar refractivity (Wildman–Crippen MR) is 68.4 cm³/mol. The minimum absolute atomic E-state index is 0.243. The van der Waals surface area contributed by atoms with Gasteiger partial charge in [0.25, 0.3) is 0 Å². The van der Waals surface area contributed by atoms with Crippen LogP contribution in [0.1, 0.15) is 12.5 Å². The average molecular weight is 278 g/mol. The van der Waals surface area contributed by atoms with Crippen LogP contribution < -0.4 is 0 Å². The van der Waals surface area contributed by atoms with Crippen molar-refractivity contribution < 1.29 is 13.5 Å². The van der Waals surface area contributed by atoms with E-state index in [2.05, 4.69) is 0 Å². The molecule has 0 bridgehead atoms. The Morgan fingerprint density at radius 2 is 2.12 bits per heavy atom. The standard InChI is InChI=1S/C11H16ClNO3S/c1-9(8-14)17(15,16)13(2)7-10-4-3-5-11(12)6-10/h3-6,9,14H,7-8H2,1-2H3. The molecule has 1 N–H and O–H groups in total. The molecule has 1 unspecified atom stereocenters. The Morgan fingerprint density at radius 1 is 1.47 bits per heavy atom. The summed E-state index contributed by atoms with van der Waals surface area (Å²) in [6.07, 6.45) is 0. The second kappa shape index (κ2) is 5.82. The molecule has 0 spiro atoms. The highest BCUT2D eigenvalue weighted by atomic mass is 35.5. The number of halogens is 1. The largest absolute Gasteiger partial charge is 0.395 e. The lowest BCUT2D eigenvalue weighted by molar-refractivity contribution is 0.290. The van der Waals surface area contributed by atoms with Gasteiger partial charge in [-0.3, -0.25) is 0 Å². The third-order valence-electron chi connectivity index (χ3n) is 2.49. The topological polar surface area (TPSA) is 57.6 Å². The van der Waals surface area contributed by atoms with Crippen molar-refractivity contribution in [2.45, 2.75) is 18.7 Å². The van der Waals surface area contributed by atoms with Crippen LogP contribution in [0.4, 0.5) is 0 Å². The number of aliphatic hydroxyl groups is 1. The van der Waals surface area contributed by atoms with Gasteiger partial charge in [-0.1, -0.05) is 23.7 Å². The van der Waals surface area contributed by atoms with Gasteiger partial charge in [0.05, 0.1) is 11.9 Å². The molecule has 6 heteroatoms. The third kappa shape index (κ3) is 3.67. The molecule has 0 amide bonds. The van der Waals surface area contributed by atoms with Crippen LogP contribution in [0.25, 0.3) is 0 Å². The van der Waals surface area contributed by atoms with Crippen LogP contribution in [0, 0.1) is 0 Å². The molecule has 0 saturated carbocycles. The third-order valence-corrected chi connectivity index (χ3v) is 4.89. The Balaban J connectivity index is 2.83. The number of sulfonamides is 1. The normalized spacial score (nSPS) is 13.9. The highest BCUT2D eigenvalue weighted by Crippen LogP contribution is 2.15. The van der Waals surface area contributed by atoms with E-state index in [1.54, 1.807) is 18.2 Å². The lowest BCUT2D eigenvalue weighted by Gasteiger charge is -2.20. The minimum Gasteiger partial charge on any atom is -0.395 e. The average Bonchev–Trinajstić information content (AvgIpc) is 2.27. The molecule has 1 atom stereocenters. The monoisotopic (exact) mass is 277 g/mol. The summed E-state index contributed by atoms with van der Waals surface area (Å²) in [5.74, 6) is 0. The summed E-state index contributed by atoms with van der Waals surface area (Å²) in [6.45, 7) is 1.33. The lowest BCUT2D eigenvalue weighted by atomic mass is 10.2. The van der Waals surface area contributed by atoms with Crippen molar-refractivity contribution in [1.29, 1.82) is 0 Å². The highest BCUT2D eigenvalue weighted by molar-refractivity contribution is 7.89. The molecule has 1 rings (SSSR count). The van der Waals surface area contributed by atoms with Gasteiger partial charge in [0.1, 0.15) is 0 Å². The van der Waals surface area contributed by atoms with Crippen molar-refractivity contribution >= 4 is 21.6 Å². The van der Waals surface area contributed by atoms with Gasteiger partial charge in [0, 0.05) is 18.6 Å². The van der Waals surface area contributed by atoms with E-state index in [9.17, 15) is 8.42 Å². The van der Waals surface area contributed by atoms with E-state index < -0.39 is 15.3 Å². The zero-order valence-electron chi connectivity index (χ0n) is 9.80. The van der Waals surface area contributed by atoms with Crippen molar-refractivity contribution in [3.63, 3.8) is 0 Å². The summed E-state index contributed by atoms with van der Waals surface area (Å²) in [5, 5.41) is 8.68. The molecule has 96 valence electrons. The zero-order valence-corrected chi connectivity index (χ0v) is 11.4. The first-order valence-corrected chi connectivity index (χ1v) is 7.06. The summed E-state index contributed by atoms with van der Waals surface area (Å²) in [4.78, 5) is 0. The Morgan fingerprint density at radius 3 is 2.65 bits per heavy atom. The maximum atomic E-state index is 11.9. The van der Waals surface area contributed by atoms with Gasteiger partial charge in [-0.2, -0.15) is 0 Å². The maximum absolute atomic E-state index is 11.9. The van der Waals surface area contributed by atoms with Gasteiger partial charge in [-0.05, 0) is 24.6 Å². The van der Waals surface area contributed by atoms with Gasteiger partial charge in [-0.15, -0.1) is 0 Å². The van der Waals surface area contributed by atoms with Crippen molar-refractivity contribution in [2.24, 2.45) is 0 Å². The molecule has 1 aromatic carbocycles. The van der Waals surface area contributed by atoms with Crippen LogP contribution in [0.15, 0.2) is 24.3 Å². The molecule has 0 aliphatic heterocycles. The van der Waals surface area contributed by atoms with Crippen molar-refractivity contribution in [2.75, 3.05) is 13.7 Å². The first-order chi connectivity index (χ1) is 7.87. The fraction of sp³-hybridized carbons (Fsp3) is 0.455. The summed E-state index contributed by atoms with van der Waals surface area (Å²) in [5.41, 5.74) is 0.814. The zero-order chi connectivity index (χ0) is 13.1. The Kier molecular flexibility index (Phi) is 4.94. The van der Waals surface area contributed by atoms with Crippen LogP contribution in [0.3, 0.4) is 0 Å². The summed E-state index contributed by atoms with van der Waals surface area (Å²) in [7, 11) is -1.97. The molecule has 4 nitrogen and oxygen atoms in total. The Hall–Kier alpha value is -0.620. The maximum Gasteiger partial charge on any atom is 0.219 e. The van der Waals surface area contributed by atoms with Gasteiger partial charge >= 0.3 is 0 Å². The van der Waals surface area contributed by atoms with Crippen LogP contribution >= 0.6 is 11.6 Å². The first-order valence-electron chi connectivity index (χ1n) is 5.18. The molecule has 0 fully saturated rings. The van der Waals surface area contributed by atoms with Crippen LogP contribution in [0.5, 0.6) is 0 Å². The van der Waals surface area contributed by atoms with E-state index >= 15 is 0 Å². The fourth-order valence-electron chi connectivity index (χ4n) is 1.38. The molecule has 1 aromatic rings. The van der Waals surface area contributed by atoms with E-state index in [0.717, 1.165) is 5.56 Å². The number of benzene rings is 1. The first kappa shape index (κ1) is 14.4. The summed E-state index contributed by atoms with van der Waals surface area (Å²) < 4.78 is 25.0. The smallest absolute Gasteiger partial charge is 0.219 e. The van der Waals surface area contributed by atoms with E-state index in [1.807, 2.05) is 6.07 Å². The van der Waals surface area contributed by atoms with Gasteiger partial charge in [0.2, 0.25) is 10.0 Å². The summed E-state index contributed by atoms with van der Waals surface area (Å²) >= 11 is 5.82. The molecular formula is C11H16ClNO3S. The van der Waals surface area contributed by atoms with E-state index in [-0.39, 0.29) is 13.2 Å². The van der Waals surface area contributed by atoms with Gasteiger partial charge in [0.15, 0.2) is 0 Å². The molecule has 17 heavy (non-hydrogen) atoms.